The zero-order valence-corrected chi connectivity index (χ0v) is 12.7. The zero-order chi connectivity index (χ0) is 15.3. The fraction of sp³-hybridized carbons (Fsp3) is 0.529. The van der Waals surface area contributed by atoms with Crippen LogP contribution in [0.2, 0.25) is 0 Å². The van der Waals surface area contributed by atoms with Crippen molar-refractivity contribution < 1.29 is 9.53 Å². The Morgan fingerprint density at radius 1 is 1.38 bits per heavy atom. The summed E-state index contributed by atoms with van der Waals surface area (Å²) in [4.78, 5) is 14.3. The number of hydrogen-bond acceptors (Lipinski definition) is 3. The second-order valence-corrected chi connectivity index (χ2v) is 6.97. The minimum atomic E-state index is -0.539. The Bertz CT molecular complexity index is 620. The number of carbonyl (C=O) groups is 1. The Morgan fingerprint density at radius 2 is 2.05 bits per heavy atom. The number of para-hydroxylation sites is 1. The van der Waals surface area contributed by atoms with E-state index in [0.717, 1.165) is 30.5 Å². The Morgan fingerprint density at radius 3 is 2.62 bits per heavy atom. The molecule has 0 N–H and O–H groups in total. The number of ether oxygens (including phenoxy) is 1. The second-order valence-electron chi connectivity index (χ2n) is 6.97. The number of fused-ring (bicyclic) bond motifs is 1. The highest BCUT2D eigenvalue weighted by Gasteiger charge is 2.56. The number of rotatable bonds is 1. The van der Waals surface area contributed by atoms with Crippen molar-refractivity contribution in [2.75, 3.05) is 4.90 Å². The number of nitrogens with zero attached hydrogens (tertiary/aromatic N) is 2. The monoisotopic (exact) mass is 284 g/mol. The van der Waals surface area contributed by atoms with Gasteiger partial charge in [-0.15, -0.1) is 0 Å². The Hall–Kier alpha value is -2.02. The van der Waals surface area contributed by atoms with Gasteiger partial charge in [-0.1, -0.05) is 18.2 Å². The van der Waals surface area contributed by atoms with Crippen molar-refractivity contribution in [3.63, 3.8) is 0 Å². The quantitative estimate of drug-likeness (QED) is 0.791. The molecular formula is C17H20N2O2. The van der Waals surface area contributed by atoms with Crippen molar-refractivity contribution in [3.8, 4) is 6.07 Å². The first-order chi connectivity index (χ1) is 9.86. The van der Waals surface area contributed by atoms with Gasteiger partial charge < -0.3 is 4.74 Å². The van der Waals surface area contributed by atoms with Crippen LogP contribution in [0.15, 0.2) is 24.3 Å². The molecule has 0 aromatic heterocycles. The van der Waals surface area contributed by atoms with E-state index < -0.39 is 11.0 Å². The van der Waals surface area contributed by atoms with Crippen LogP contribution in [-0.2, 0) is 11.2 Å². The Kier molecular flexibility index (Phi) is 2.98. The fourth-order valence-electron chi connectivity index (χ4n) is 3.02. The van der Waals surface area contributed by atoms with E-state index in [0.29, 0.717) is 0 Å². The summed E-state index contributed by atoms with van der Waals surface area (Å²) >= 11 is 0. The standard InChI is InChI=1S/C17H20N2O2/c1-16(2,3)21-15(20)19-13-7-5-4-6-12(13)10-14(19)17(11-18)8-9-17/h4-7,14H,8-10H2,1-3H3. The van der Waals surface area contributed by atoms with Crippen LogP contribution in [-0.4, -0.2) is 17.7 Å². The molecule has 4 heteroatoms. The van der Waals surface area contributed by atoms with E-state index >= 15 is 0 Å². The molecule has 110 valence electrons. The predicted molar refractivity (Wildman–Crippen MR) is 79.9 cm³/mol. The van der Waals surface area contributed by atoms with Crippen molar-refractivity contribution >= 4 is 11.8 Å². The first-order valence-corrected chi connectivity index (χ1v) is 7.38. The van der Waals surface area contributed by atoms with Crippen molar-refractivity contribution in [2.45, 2.75) is 51.7 Å². The molecule has 1 fully saturated rings. The maximum atomic E-state index is 12.6. The van der Waals surface area contributed by atoms with Crippen LogP contribution in [0.3, 0.4) is 0 Å². The van der Waals surface area contributed by atoms with Crippen LogP contribution < -0.4 is 4.90 Å². The summed E-state index contributed by atoms with van der Waals surface area (Å²) in [6.07, 6.45) is 2.12. The molecule has 0 radical (unpaired) electrons. The highest BCUT2D eigenvalue weighted by Crippen LogP contribution is 2.54. The van der Waals surface area contributed by atoms with E-state index in [1.165, 1.54) is 0 Å². The molecule has 3 rings (SSSR count). The van der Waals surface area contributed by atoms with Crippen LogP contribution >= 0.6 is 0 Å². The first kappa shape index (κ1) is 13.9. The van der Waals surface area contributed by atoms with E-state index in [1.807, 2.05) is 45.0 Å². The van der Waals surface area contributed by atoms with Gasteiger partial charge in [0.15, 0.2) is 0 Å². The molecule has 1 aliphatic carbocycles. The average molecular weight is 284 g/mol. The molecule has 2 aliphatic rings. The third-order valence-corrected chi connectivity index (χ3v) is 4.22. The molecular weight excluding hydrogens is 264 g/mol. The smallest absolute Gasteiger partial charge is 0.415 e. The van der Waals surface area contributed by atoms with Crippen LogP contribution in [0.1, 0.15) is 39.2 Å². The molecule has 1 saturated carbocycles. The lowest BCUT2D eigenvalue weighted by atomic mass is 9.94. The Labute approximate surface area is 125 Å². The maximum absolute atomic E-state index is 12.6. The van der Waals surface area contributed by atoms with Crippen LogP contribution in [0.4, 0.5) is 10.5 Å². The van der Waals surface area contributed by atoms with Crippen LogP contribution in [0.5, 0.6) is 0 Å². The van der Waals surface area contributed by atoms with Crippen molar-refractivity contribution in [3.05, 3.63) is 29.8 Å². The molecule has 0 spiro atoms. The number of amides is 1. The molecule has 4 nitrogen and oxygen atoms in total. The predicted octanol–water partition coefficient (Wildman–Crippen LogP) is 3.66. The average Bonchev–Trinajstić information content (AvgIpc) is 3.10. The van der Waals surface area contributed by atoms with E-state index in [9.17, 15) is 10.1 Å². The van der Waals surface area contributed by atoms with Gasteiger partial charge in [0.2, 0.25) is 0 Å². The third kappa shape index (κ3) is 2.37. The topological polar surface area (TPSA) is 53.3 Å². The molecule has 1 aromatic rings. The zero-order valence-electron chi connectivity index (χ0n) is 12.7. The summed E-state index contributed by atoms with van der Waals surface area (Å²) in [7, 11) is 0. The van der Waals surface area contributed by atoms with Crippen molar-refractivity contribution in [1.82, 2.24) is 0 Å². The van der Waals surface area contributed by atoms with E-state index in [-0.39, 0.29) is 12.1 Å². The van der Waals surface area contributed by atoms with Gasteiger partial charge in [0.05, 0.1) is 23.2 Å². The van der Waals surface area contributed by atoms with Gasteiger partial charge in [-0.2, -0.15) is 5.26 Å². The van der Waals surface area contributed by atoms with Crippen LogP contribution in [0, 0.1) is 16.7 Å². The highest BCUT2D eigenvalue weighted by molar-refractivity contribution is 5.92. The molecule has 1 aliphatic heterocycles. The summed E-state index contributed by atoms with van der Waals surface area (Å²) in [5, 5.41) is 9.50. The SMILES string of the molecule is CC(C)(C)OC(=O)N1c2ccccc2CC1C1(C#N)CC1. The van der Waals surface area contributed by atoms with Crippen molar-refractivity contribution in [1.29, 1.82) is 5.26 Å². The molecule has 1 atom stereocenters. The lowest BCUT2D eigenvalue weighted by molar-refractivity contribution is 0.0561. The van der Waals surface area contributed by atoms with Gasteiger partial charge in [-0.05, 0) is 51.7 Å². The van der Waals surface area contributed by atoms with Gasteiger partial charge in [0.25, 0.3) is 0 Å². The molecule has 1 aromatic carbocycles. The Balaban J connectivity index is 1.96. The summed E-state index contributed by atoms with van der Waals surface area (Å²) in [5.74, 6) is 0. The second kappa shape index (κ2) is 4.49. The lowest BCUT2D eigenvalue weighted by Gasteiger charge is -2.31. The number of hydrogen-bond donors (Lipinski definition) is 0. The molecule has 0 bridgehead atoms. The molecule has 1 amide bonds. The van der Waals surface area contributed by atoms with Crippen LogP contribution in [0.25, 0.3) is 0 Å². The van der Waals surface area contributed by atoms with Gasteiger partial charge >= 0.3 is 6.09 Å². The minimum absolute atomic E-state index is 0.102. The summed E-state index contributed by atoms with van der Waals surface area (Å²) in [6.45, 7) is 5.58. The van der Waals surface area contributed by atoms with Gasteiger partial charge in [-0.3, -0.25) is 4.90 Å². The van der Waals surface area contributed by atoms with E-state index in [4.69, 9.17) is 4.74 Å². The summed E-state index contributed by atoms with van der Waals surface area (Å²) in [5.41, 5.74) is 1.08. The minimum Gasteiger partial charge on any atom is -0.443 e. The number of carbonyl (C=O) groups excluding carboxylic acids is 1. The lowest BCUT2D eigenvalue weighted by Crippen LogP contribution is -2.45. The number of benzene rings is 1. The normalized spacial score (nSPS) is 22.4. The van der Waals surface area contributed by atoms with E-state index in [2.05, 4.69) is 6.07 Å². The molecule has 0 saturated heterocycles. The summed E-state index contributed by atoms with van der Waals surface area (Å²) < 4.78 is 5.55. The highest BCUT2D eigenvalue weighted by atomic mass is 16.6. The molecule has 1 unspecified atom stereocenters. The number of nitriles is 1. The summed E-state index contributed by atoms with van der Waals surface area (Å²) in [6, 6.07) is 10.2. The van der Waals surface area contributed by atoms with Crippen molar-refractivity contribution in [2.24, 2.45) is 5.41 Å². The molecule has 21 heavy (non-hydrogen) atoms. The molecule has 1 heterocycles. The van der Waals surface area contributed by atoms with Gasteiger partial charge in [0.1, 0.15) is 5.60 Å². The number of anilines is 1. The van der Waals surface area contributed by atoms with E-state index in [1.54, 1.807) is 4.90 Å². The largest absolute Gasteiger partial charge is 0.443 e. The maximum Gasteiger partial charge on any atom is 0.415 e. The van der Waals surface area contributed by atoms with Gasteiger partial charge in [0, 0.05) is 0 Å². The fourth-order valence-corrected chi connectivity index (χ4v) is 3.02. The first-order valence-electron chi connectivity index (χ1n) is 7.38. The third-order valence-electron chi connectivity index (χ3n) is 4.22. The van der Waals surface area contributed by atoms with Gasteiger partial charge in [-0.25, -0.2) is 4.79 Å².